The summed E-state index contributed by atoms with van der Waals surface area (Å²) in [6.45, 7) is 3.73. The van der Waals surface area contributed by atoms with E-state index in [0.717, 1.165) is 23.5 Å². The minimum absolute atomic E-state index is 0. The molecule has 80 valence electrons. The Morgan fingerprint density at radius 1 is 1.12 bits per heavy atom. The summed E-state index contributed by atoms with van der Waals surface area (Å²) in [6, 6.07) is 18.7. The molecule has 0 unspecified atom stereocenters. The van der Waals surface area contributed by atoms with Gasteiger partial charge in [0, 0.05) is 5.75 Å². The second-order valence-corrected chi connectivity index (χ2v) is 3.43. The van der Waals surface area contributed by atoms with Crippen molar-refractivity contribution in [3.63, 3.8) is 0 Å². The Morgan fingerprint density at radius 3 is 2.59 bits per heavy atom. The van der Waals surface area contributed by atoms with Crippen LogP contribution < -0.4 is 34.3 Å². The standard InChI is InChI=1S/C15H13O.Na/c1-2-8-13-9-6-7-12-15(13)16-14-10-4-3-5-11-14;/h2-7,9-11H,1,8H2;/q-1;+1. The van der Waals surface area contributed by atoms with Crippen molar-refractivity contribution in [2.24, 2.45) is 0 Å². The van der Waals surface area contributed by atoms with E-state index in [-0.39, 0.29) is 29.6 Å². The molecule has 0 aliphatic carbocycles. The van der Waals surface area contributed by atoms with Gasteiger partial charge < -0.3 is 4.74 Å². The van der Waals surface area contributed by atoms with Gasteiger partial charge in [-0.1, -0.05) is 30.7 Å². The summed E-state index contributed by atoms with van der Waals surface area (Å²) in [6.07, 6.45) is 2.65. The van der Waals surface area contributed by atoms with E-state index in [2.05, 4.69) is 12.6 Å². The summed E-state index contributed by atoms with van der Waals surface area (Å²) >= 11 is 0. The molecule has 0 radical (unpaired) electrons. The van der Waals surface area contributed by atoms with E-state index in [1.54, 1.807) is 0 Å². The minimum atomic E-state index is 0. The molecule has 2 rings (SSSR count). The van der Waals surface area contributed by atoms with Crippen molar-refractivity contribution in [1.29, 1.82) is 0 Å². The number of rotatable bonds is 4. The van der Waals surface area contributed by atoms with Crippen molar-refractivity contribution in [1.82, 2.24) is 0 Å². The molecular weight excluding hydrogens is 219 g/mol. The van der Waals surface area contributed by atoms with E-state index >= 15 is 0 Å². The number of benzene rings is 2. The summed E-state index contributed by atoms with van der Waals surface area (Å²) in [5.74, 6) is 1.60. The summed E-state index contributed by atoms with van der Waals surface area (Å²) < 4.78 is 5.76. The number of hydrogen-bond acceptors (Lipinski definition) is 1. The molecule has 0 aliphatic heterocycles. The summed E-state index contributed by atoms with van der Waals surface area (Å²) in [4.78, 5) is 0. The monoisotopic (exact) mass is 232 g/mol. The molecule has 0 heterocycles. The number of ether oxygens (including phenoxy) is 1. The SMILES string of the molecule is C=CCc1ccc[c-]c1Oc1ccccc1.[Na+]. The molecule has 2 aromatic carbocycles. The average molecular weight is 232 g/mol. The smallest absolute Gasteiger partial charge is 0.483 e. The molecule has 1 nitrogen and oxygen atoms in total. The third-order valence-corrected chi connectivity index (χ3v) is 2.23. The molecule has 0 amide bonds. The second kappa shape index (κ2) is 7.33. The predicted molar refractivity (Wildman–Crippen MR) is 65.7 cm³/mol. The molecule has 17 heavy (non-hydrogen) atoms. The zero-order valence-electron chi connectivity index (χ0n) is 10.0. The molecule has 0 aromatic heterocycles. The van der Waals surface area contributed by atoms with Crippen molar-refractivity contribution in [3.8, 4) is 11.5 Å². The Balaban J connectivity index is 0.00000144. The molecule has 0 atom stereocenters. The first-order valence-electron chi connectivity index (χ1n) is 5.23. The van der Waals surface area contributed by atoms with Gasteiger partial charge in [-0.2, -0.15) is 18.2 Å². The number of allylic oxidation sites excluding steroid dienone is 1. The molecule has 2 heteroatoms. The molecule has 0 fully saturated rings. The summed E-state index contributed by atoms with van der Waals surface area (Å²) in [5, 5.41) is 0. The van der Waals surface area contributed by atoms with E-state index in [9.17, 15) is 0 Å². The Bertz CT molecular complexity index is 465. The number of para-hydroxylation sites is 2. The number of hydrogen-bond donors (Lipinski definition) is 0. The Morgan fingerprint density at radius 2 is 1.88 bits per heavy atom. The van der Waals surface area contributed by atoms with Crippen molar-refractivity contribution in [3.05, 3.63) is 72.8 Å². The fraction of sp³-hybridized carbons (Fsp3) is 0.0667. The van der Waals surface area contributed by atoms with Crippen molar-refractivity contribution in [2.45, 2.75) is 6.42 Å². The van der Waals surface area contributed by atoms with Gasteiger partial charge in [-0.15, -0.1) is 18.2 Å². The van der Waals surface area contributed by atoms with E-state index in [1.165, 1.54) is 0 Å². The quantitative estimate of drug-likeness (QED) is 0.434. The molecule has 0 N–H and O–H groups in total. The first-order valence-corrected chi connectivity index (χ1v) is 5.23. The molecule has 2 aromatic rings. The van der Waals surface area contributed by atoms with Crippen LogP contribution in [0.5, 0.6) is 11.5 Å². The van der Waals surface area contributed by atoms with Gasteiger partial charge in [0.15, 0.2) is 0 Å². The molecule has 0 saturated heterocycles. The van der Waals surface area contributed by atoms with Crippen LogP contribution in [0, 0.1) is 6.07 Å². The predicted octanol–water partition coefficient (Wildman–Crippen LogP) is 1.01. The van der Waals surface area contributed by atoms with Crippen LogP contribution in [-0.4, -0.2) is 0 Å². The van der Waals surface area contributed by atoms with E-state index in [4.69, 9.17) is 4.74 Å². The van der Waals surface area contributed by atoms with Gasteiger partial charge in [-0.25, -0.2) is 0 Å². The molecular formula is C15H13NaO. The van der Waals surface area contributed by atoms with Gasteiger partial charge in [0.2, 0.25) is 0 Å². The first-order chi connectivity index (χ1) is 7.90. The maximum atomic E-state index is 5.76. The third-order valence-electron chi connectivity index (χ3n) is 2.23. The topological polar surface area (TPSA) is 9.23 Å². The van der Waals surface area contributed by atoms with Crippen LogP contribution in [0.25, 0.3) is 0 Å². The summed E-state index contributed by atoms with van der Waals surface area (Å²) in [7, 11) is 0. The molecule has 0 bridgehead atoms. The summed E-state index contributed by atoms with van der Waals surface area (Å²) in [5.41, 5.74) is 1.10. The van der Waals surface area contributed by atoms with E-state index in [0.29, 0.717) is 0 Å². The van der Waals surface area contributed by atoms with Gasteiger partial charge in [0.1, 0.15) is 5.75 Å². The van der Waals surface area contributed by atoms with Crippen molar-refractivity contribution in [2.75, 3.05) is 0 Å². The van der Waals surface area contributed by atoms with Crippen LogP contribution in [0.2, 0.25) is 0 Å². The Hall–Kier alpha value is -1.02. The van der Waals surface area contributed by atoms with Crippen molar-refractivity contribution < 1.29 is 34.3 Å². The largest absolute Gasteiger partial charge is 1.00 e. The molecule has 0 aliphatic rings. The van der Waals surface area contributed by atoms with Gasteiger partial charge >= 0.3 is 29.6 Å². The first kappa shape index (κ1) is 14.0. The fourth-order valence-electron chi connectivity index (χ4n) is 1.47. The van der Waals surface area contributed by atoms with Gasteiger partial charge in [0.25, 0.3) is 0 Å². The van der Waals surface area contributed by atoms with Crippen LogP contribution in [0.4, 0.5) is 0 Å². The van der Waals surface area contributed by atoms with Gasteiger partial charge in [-0.05, 0) is 12.1 Å². The molecule has 0 spiro atoms. The van der Waals surface area contributed by atoms with Gasteiger partial charge in [-0.3, -0.25) is 0 Å². The van der Waals surface area contributed by atoms with Crippen molar-refractivity contribution >= 4 is 0 Å². The third kappa shape index (κ3) is 4.04. The minimum Gasteiger partial charge on any atom is -0.483 e. The Kier molecular flexibility index (Phi) is 6.06. The van der Waals surface area contributed by atoms with Crippen LogP contribution in [-0.2, 0) is 6.42 Å². The van der Waals surface area contributed by atoms with E-state index in [1.807, 2.05) is 54.6 Å². The van der Waals surface area contributed by atoms with E-state index < -0.39 is 0 Å². The fourth-order valence-corrected chi connectivity index (χ4v) is 1.47. The maximum Gasteiger partial charge on any atom is 1.00 e. The van der Waals surface area contributed by atoms with Crippen LogP contribution >= 0.6 is 0 Å². The average Bonchev–Trinajstić information content (AvgIpc) is 2.33. The maximum absolute atomic E-state index is 5.76. The zero-order chi connectivity index (χ0) is 11.2. The zero-order valence-corrected chi connectivity index (χ0v) is 12.0. The Labute approximate surface area is 124 Å². The second-order valence-electron chi connectivity index (χ2n) is 3.43. The van der Waals surface area contributed by atoms with Gasteiger partial charge in [0.05, 0.1) is 0 Å². The van der Waals surface area contributed by atoms with Crippen LogP contribution in [0.15, 0.2) is 61.2 Å². The van der Waals surface area contributed by atoms with Crippen LogP contribution in [0.1, 0.15) is 5.56 Å². The molecule has 0 saturated carbocycles. The van der Waals surface area contributed by atoms with Crippen LogP contribution in [0.3, 0.4) is 0 Å². The normalized spacial score (nSPS) is 9.18.